The number of nitriles is 1. The summed E-state index contributed by atoms with van der Waals surface area (Å²) >= 11 is 0. The smallest absolute Gasteiger partial charge is 0.314 e. The van der Waals surface area contributed by atoms with Crippen LogP contribution in [-0.4, -0.2) is 53.7 Å². The number of hydrogen-bond acceptors (Lipinski definition) is 5. The Kier molecular flexibility index (Phi) is 7.10. The number of carbonyl (C=O) groups excluding carboxylic acids is 4. The molecule has 0 aromatic heterocycles. The third-order valence-corrected chi connectivity index (χ3v) is 7.13. The molecule has 3 aliphatic rings. The lowest BCUT2D eigenvalue weighted by atomic mass is 9.91. The molecule has 34 heavy (non-hydrogen) atoms. The molecule has 1 saturated carbocycles. The van der Waals surface area contributed by atoms with E-state index in [0.717, 1.165) is 25.7 Å². The summed E-state index contributed by atoms with van der Waals surface area (Å²) in [6.07, 6.45) is 4.16. The minimum Gasteiger partial charge on any atom is -0.356 e. The highest BCUT2D eigenvalue weighted by Gasteiger charge is 2.50. The molecule has 1 aliphatic carbocycles. The molecule has 0 radical (unpaired) electrons. The maximum Gasteiger partial charge on any atom is 0.314 e. The summed E-state index contributed by atoms with van der Waals surface area (Å²) in [6.45, 7) is 0.866. The molecule has 9 nitrogen and oxygen atoms in total. The molecule has 0 spiro atoms. The largest absolute Gasteiger partial charge is 0.356 e. The number of amides is 4. The van der Waals surface area contributed by atoms with Crippen molar-refractivity contribution < 1.29 is 23.6 Å². The Bertz CT molecular complexity index is 1020. The molecular weight excluding hydrogens is 441 g/mol. The van der Waals surface area contributed by atoms with Crippen LogP contribution in [0.25, 0.3) is 0 Å². The first-order valence-electron chi connectivity index (χ1n) is 11.7. The van der Waals surface area contributed by atoms with Crippen LogP contribution in [0.4, 0.5) is 10.1 Å². The third-order valence-electron chi connectivity index (χ3n) is 7.13. The van der Waals surface area contributed by atoms with Gasteiger partial charge in [0, 0.05) is 19.0 Å². The summed E-state index contributed by atoms with van der Waals surface area (Å²) < 4.78 is 13.9. The van der Waals surface area contributed by atoms with E-state index in [2.05, 4.69) is 22.0 Å². The van der Waals surface area contributed by atoms with Gasteiger partial charge in [0.05, 0.1) is 11.8 Å². The first-order valence-corrected chi connectivity index (χ1v) is 11.7. The van der Waals surface area contributed by atoms with Gasteiger partial charge in [-0.15, -0.1) is 0 Å². The average Bonchev–Trinajstić information content (AvgIpc) is 3.42. The van der Waals surface area contributed by atoms with E-state index >= 15 is 0 Å². The lowest BCUT2D eigenvalue weighted by Gasteiger charge is -2.28. The predicted octanol–water partition coefficient (Wildman–Crippen LogP) is 1.32. The van der Waals surface area contributed by atoms with Gasteiger partial charge in [-0.2, -0.15) is 5.26 Å². The summed E-state index contributed by atoms with van der Waals surface area (Å²) in [5.74, 6) is -3.58. The van der Waals surface area contributed by atoms with Crippen LogP contribution in [-0.2, 0) is 19.2 Å². The normalized spacial score (nSPS) is 26.7. The number of hydrogen-bond donors (Lipinski definition) is 3. The second kappa shape index (κ2) is 10.2. The number of likely N-dealkylation sites (tertiary alicyclic amines) is 1. The fourth-order valence-corrected chi connectivity index (χ4v) is 5.47. The molecule has 10 heteroatoms. The Labute approximate surface area is 197 Å². The average molecular weight is 470 g/mol. The standard InChI is InChI=1S/C24H28FN5O4/c25-18-8-1-2-9-19(18)29-23(33)24(34)30-13-15-5-3-7-17(15)20(30)22(32)28-16(12-26)11-14-6-4-10-27-21(14)31/h1-2,8-9,14-17,20H,3-7,10-11,13H2,(H,27,31)(H,28,32)(H,29,33)/t14-,15?,16-,17?,20?/m0/s1. The monoisotopic (exact) mass is 469 g/mol. The van der Waals surface area contributed by atoms with Crippen LogP contribution in [0.1, 0.15) is 38.5 Å². The van der Waals surface area contributed by atoms with Crippen molar-refractivity contribution in [3.8, 4) is 6.07 Å². The summed E-state index contributed by atoms with van der Waals surface area (Å²) in [5.41, 5.74) is -0.114. The number of nitrogens with one attached hydrogen (secondary N) is 3. The van der Waals surface area contributed by atoms with Crippen LogP contribution in [0, 0.1) is 34.9 Å². The number of fused-ring (bicyclic) bond motifs is 1. The summed E-state index contributed by atoms with van der Waals surface area (Å²) in [4.78, 5) is 52.2. The highest BCUT2D eigenvalue weighted by Crippen LogP contribution is 2.42. The van der Waals surface area contributed by atoms with E-state index in [1.54, 1.807) is 0 Å². The number of carbonyl (C=O) groups is 4. The van der Waals surface area contributed by atoms with Gasteiger partial charge in [0.1, 0.15) is 17.9 Å². The van der Waals surface area contributed by atoms with E-state index in [-0.39, 0.29) is 42.3 Å². The number of para-hydroxylation sites is 1. The lowest BCUT2D eigenvalue weighted by Crippen LogP contribution is -2.53. The van der Waals surface area contributed by atoms with Crippen LogP contribution in [0.5, 0.6) is 0 Å². The Hall–Kier alpha value is -3.48. The zero-order valence-electron chi connectivity index (χ0n) is 18.8. The van der Waals surface area contributed by atoms with Crippen molar-refractivity contribution in [2.24, 2.45) is 17.8 Å². The molecular formula is C24H28FN5O4. The first kappa shape index (κ1) is 23.7. The molecule has 3 N–H and O–H groups in total. The van der Waals surface area contributed by atoms with Gasteiger partial charge >= 0.3 is 11.8 Å². The van der Waals surface area contributed by atoms with Crippen molar-refractivity contribution in [2.75, 3.05) is 18.4 Å². The van der Waals surface area contributed by atoms with E-state index in [1.807, 2.05) is 0 Å². The van der Waals surface area contributed by atoms with E-state index in [1.165, 1.54) is 29.2 Å². The maximum absolute atomic E-state index is 13.9. The highest BCUT2D eigenvalue weighted by atomic mass is 19.1. The van der Waals surface area contributed by atoms with Crippen LogP contribution < -0.4 is 16.0 Å². The van der Waals surface area contributed by atoms with Gasteiger partial charge in [-0.1, -0.05) is 18.6 Å². The van der Waals surface area contributed by atoms with Crippen molar-refractivity contribution in [3.05, 3.63) is 30.1 Å². The molecule has 4 amide bonds. The molecule has 2 heterocycles. The van der Waals surface area contributed by atoms with Gasteiger partial charge in [0.2, 0.25) is 11.8 Å². The van der Waals surface area contributed by atoms with Gasteiger partial charge in [-0.25, -0.2) is 4.39 Å². The van der Waals surface area contributed by atoms with E-state index in [0.29, 0.717) is 13.0 Å². The zero-order valence-corrected chi connectivity index (χ0v) is 18.8. The van der Waals surface area contributed by atoms with Crippen molar-refractivity contribution >= 4 is 29.3 Å². The summed E-state index contributed by atoms with van der Waals surface area (Å²) in [7, 11) is 0. The fourth-order valence-electron chi connectivity index (χ4n) is 5.47. The predicted molar refractivity (Wildman–Crippen MR) is 119 cm³/mol. The maximum atomic E-state index is 13.9. The molecule has 5 atom stereocenters. The topological polar surface area (TPSA) is 131 Å². The second-order valence-electron chi connectivity index (χ2n) is 9.25. The van der Waals surface area contributed by atoms with Gasteiger partial charge in [0.15, 0.2) is 0 Å². The number of rotatable bonds is 5. The molecule has 2 saturated heterocycles. The molecule has 180 valence electrons. The quantitative estimate of drug-likeness (QED) is 0.560. The van der Waals surface area contributed by atoms with E-state index in [4.69, 9.17) is 0 Å². The van der Waals surface area contributed by atoms with Gasteiger partial charge < -0.3 is 20.9 Å². The van der Waals surface area contributed by atoms with Crippen LogP contribution >= 0.6 is 0 Å². The van der Waals surface area contributed by atoms with Crippen molar-refractivity contribution in [2.45, 2.75) is 50.6 Å². The van der Waals surface area contributed by atoms with E-state index in [9.17, 15) is 28.8 Å². The Balaban J connectivity index is 1.46. The molecule has 3 fully saturated rings. The number of anilines is 1. The summed E-state index contributed by atoms with van der Waals surface area (Å²) in [5, 5.41) is 17.4. The van der Waals surface area contributed by atoms with Crippen molar-refractivity contribution in [1.82, 2.24) is 15.5 Å². The van der Waals surface area contributed by atoms with Crippen LogP contribution in [0.15, 0.2) is 24.3 Å². The second-order valence-corrected chi connectivity index (χ2v) is 9.25. The van der Waals surface area contributed by atoms with Gasteiger partial charge in [-0.3, -0.25) is 19.2 Å². The van der Waals surface area contributed by atoms with Crippen LogP contribution in [0.2, 0.25) is 0 Å². The SMILES string of the molecule is N#C[C@H](C[C@@H]1CCCNC1=O)NC(=O)C1C2CCCC2CN1C(=O)C(=O)Nc1ccccc1F. The Morgan fingerprint density at radius 1 is 1.21 bits per heavy atom. The third kappa shape index (κ3) is 4.88. The number of piperidine rings is 1. The van der Waals surface area contributed by atoms with Gasteiger partial charge in [0.25, 0.3) is 0 Å². The number of halogens is 1. The number of benzene rings is 1. The molecule has 4 rings (SSSR count). The zero-order chi connectivity index (χ0) is 24.2. The Morgan fingerprint density at radius 2 is 2.00 bits per heavy atom. The molecule has 2 aliphatic heterocycles. The minimum absolute atomic E-state index is 0.0885. The molecule has 0 bridgehead atoms. The fraction of sp³-hybridized carbons (Fsp3) is 0.542. The highest BCUT2D eigenvalue weighted by molar-refractivity contribution is 6.40. The number of nitrogens with zero attached hydrogens (tertiary/aromatic N) is 2. The van der Waals surface area contributed by atoms with Gasteiger partial charge in [-0.05, 0) is 56.1 Å². The Morgan fingerprint density at radius 3 is 2.74 bits per heavy atom. The van der Waals surface area contributed by atoms with E-state index < -0.39 is 35.6 Å². The minimum atomic E-state index is -1.02. The first-order chi connectivity index (χ1) is 16.4. The summed E-state index contributed by atoms with van der Waals surface area (Å²) in [6, 6.07) is 5.81. The molecule has 1 aromatic rings. The van der Waals surface area contributed by atoms with Crippen molar-refractivity contribution in [3.63, 3.8) is 0 Å². The molecule has 3 unspecified atom stereocenters. The lowest BCUT2D eigenvalue weighted by molar-refractivity contribution is -0.146. The molecule has 1 aromatic carbocycles. The van der Waals surface area contributed by atoms with Crippen LogP contribution in [0.3, 0.4) is 0 Å². The van der Waals surface area contributed by atoms with Crippen molar-refractivity contribution in [1.29, 1.82) is 5.26 Å².